The van der Waals surface area contributed by atoms with E-state index in [4.69, 9.17) is 5.11 Å². The Morgan fingerprint density at radius 3 is 2.58 bits per heavy atom. The van der Waals surface area contributed by atoms with Crippen LogP contribution in [0.25, 0.3) is 0 Å². The summed E-state index contributed by atoms with van der Waals surface area (Å²) in [6.45, 7) is 5.87. The average Bonchev–Trinajstić information content (AvgIpc) is 2.36. The van der Waals surface area contributed by atoms with E-state index in [1.54, 1.807) is 24.3 Å². The van der Waals surface area contributed by atoms with Gasteiger partial charge in [-0.1, -0.05) is 12.1 Å². The van der Waals surface area contributed by atoms with Gasteiger partial charge < -0.3 is 10.4 Å². The molecule has 1 heterocycles. The van der Waals surface area contributed by atoms with Gasteiger partial charge in [-0.3, -0.25) is 9.69 Å². The first kappa shape index (κ1) is 13.5. The van der Waals surface area contributed by atoms with Crippen molar-refractivity contribution in [2.45, 2.75) is 25.9 Å². The van der Waals surface area contributed by atoms with Gasteiger partial charge in [0.05, 0.1) is 11.1 Å². The Morgan fingerprint density at radius 1 is 1.37 bits per heavy atom. The summed E-state index contributed by atoms with van der Waals surface area (Å²) in [6, 6.07) is 6.78. The van der Waals surface area contributed by atoms with Crippen LogP contribution in [0, 0.1) is 0 Å². The lowest BCUT2D eigenvalue weighted by Gasteiger charge is -2.41. The number of nitrogens with one attached hydrogen (secondary N) is 1. The van der Waals surface area contributed by atoms with Crippen molar-refractivity contribution in [2.24, 2.45) is 0 Å². The molecule has 1 amide bonds. The molecule has 0 bridgehead atoms. The third-order valence-electron chi connectivity index (χ3n) is 3.59. The van der Waals surface area contributed by atoms with Gasteiger partial charge in [0.1, 0.15) is 0 Å². The van der Waals surface area contributed by atoms with Crippen molar-refractivity contribution in [3.05, 3.63) is 35.4 Å². The lowest BCUT2D eigenvalue weighted by Crippen LogP contribution is -2.61. The van der Waals surface area contributed by atoms with E-state index in [1.807, 2.05) is 13.8 Å². The van der Waals surface area contributed by atoms with Gasteiger partial charge in [-0.05, 0) is 31.5 Å². The molecule has 0 saturated carbocycles. The smallest absolute Gasteiger partial charge is 0.335 e. The van der Waals surface area contributed by atoms with Crippen molar-refractivity contribution in [1.82, 2.24) is 10.2 Å². The number of amides is 1. The maximum atomic E-state index is 11.8. The van der Waals surface area contributed by atoms with Gasteiger partial charge in [0, 0.05) is 19.6 Å². The molecule has 5 heteroatoms. The molecule has 1 aliphatic heterocycles. The van der Waals surface area contributed by atoms with Gasteiger partial charge in [0.15, 0.2) is 0 Å². The van der Waals surface area contributed by atoms with Crippen LogP contribution in [0.3, 0.4) is 0 Å². The highest BCUT2D eigenvalue weighted by Gasteiger charge is 2.37. The predicted molar refractivity (Wildman–Crippen MR) is 70.9 cm³/mol. The van der Waals surface area contributed by atoms with Crippen LogP contribution < -0.4 is 5.32 Å². The third kappa shape index (κ3) is 2.76. The molecule has 0 radical (unpaired) electrons. The van der Waals surface area contributed by atoms with Gasteiger partial charge >= 0.3 is 5.97 Å². The molecule has 1 aromatic carbocycles. The summed E-state index contributed by atoms with van der Waals surface area (Å²) in [7, 11) is 0. The highest BCUT2D eigenvalue weighted by atomic mass is 16.4. The van der Waals surface area contributed by atoms with Crippen LogP contribution in [-0.2, 0) is 11.3 Å². The highest BCUT2D eigenvalue weighted by molar-refractivity contribution is 5.87. The molecule has 1 aromatic rings. The first-order chi connectivity index (χ1) is 8.91. The molecule has 0 spiro atoms. The molecule has 0 aliphatic carbocycles. The molecule has 0 unspecified atom stereocenters. The molecule has 0 aromatic heterocycles. The van der Waals surface area contributed by atoms with Crippen molar-refractivity contribution in [2.75, 3.05) is 13.1 Å². The number of carbonyl (C=O) groups excluding carboxylic acids is 1. The minimum atomic E-state index is -0.927. The number of carbonyl (C=O) groups is 2. The number of carboxylic acid groups (broad SMARTS) is 1. The second-order valence-electron chi connectivity index (χ2n) is 5.24. The zero-order valence-electron chi connectivity index (χ0n) is 11.1. The van der Waals surface area contributed by atoms with Crippen LogP contribution in [0.15, 0.2) is 24.3 Å². The summed E-state index contributed by atoms with van der Waals surface area (Å²) < 4.78 is 0. The monoisotopic (exact) mass is 262 g/mol. The molecule has 1 saturated heterocycles. The molecular weight excluding hydrogens is 244 g/mol. The average molecular weight is 262 g/mol. The second kappa shape index (κ2) is 5.01. The Bertz CT molecular complexity index is 494. The zero-order chi connectivity index (χ0) is 14.0. The number of benzene rings is 1. The predicted octanol–water partition coefficient (Wildman–Crippen LogP) is 1.10. The summed E-state index contributed by atoms with van der Waals surface area (Å²) >= 11 is 0. The minimum Gasteiger partial charge on any atom is -0.478 e. The molecular formula is C14H18N2O3. The Balaban J connectivity index is 2.12. The molecule has 2 rings (SSSR count). The van der Waals surface area contributed by atoms with Crippen molar-refractivity contribution in [3.8, 4) is 0 Å². The van der Waals surface area contributed by atoms with E-state index in [0.29, 0.717) is 13.1 Å². The molecule has 1 fully saturated rings. The second-order valence-corrected chi connectivity index (χ2v) is 5.24. The standard InChI is InChI=1S/C14H18N2O3/c1-14(2)13(19)15-7-8-16(14)9-10-3-5-11(6-4-10)12(17)18/h3-6H,7-9H2,1-2H3,(H,15,19)(H,17,18). The SMILES string of the molecule is CC1(C)C(=O)NCCN1Cc1ccc(C(=O)O)cc1. The molecule has 5 nitrogen and oxygen atoms in total. The Hall–Kier alpha value is -1.88. The fourth-order valence-corrected chi connectivity index (χ4v) is 2.19. The topological polar surface area (TPSA) is 69.6 Å². The zero-order valence-corrected chi connectivity index (χ0v) is 11.1. The first-order valence-corrected chi connectivity index (χ1v) is 6.27. The van der Waals surface area contributed by atoms with Crippen molar-refractivity contribution in [1.29, 1.82) is 0 Å². The lowest BCUT2D eigenvalue weighted by molar-refractivity contribution is -0.135. The van der Waals surface area contributed by atoms with Gasteiger partial charge in [-0.25, -0.2) is 4.79 Å². The Labute approximate surface area is 112 Å². The van der Waals surface area contributed by atoms with Crippen molar-refractivity contribution in [3.63, 3.8) is 0 Å². The van der Waals surface area contributed by atoms with E-state index < -0.39 is 11.5 Å². The minimum absolute atomic E-state index is 0.0286. The van der Waals surface area contributed by atoms with Crippen LogP contribution in [0.1, 0.15) is 29.8 Å². The van der Waals surface area contributed by atoms with E-state index in [2.05, 4.69) is 10.2 Å². The van der Waals surface area contributed by atoms with E-state index in [0.717, 1.165) is 12.1 Å². The van der Waals surface area contributed by atoms with Gasteiger partial charge in [0.2, 0.25) is 5.91 Å². The quantitative estimate of drug-likeness (QED) is 0.855. The first-order valence-electron chi connectivity index (χ1n) is 6.27. The molecule has 102 valence electrons. The van der Waals surface area contributed by atoms with Crippen LogP contribution in [0.4, 0.5) is 0 Å². The largest absolute Gasteiger partial charge is 0.478 e. The highest BCUT2D eigenvalue weighted by Crippen LogP contribution is 2.20. The molecule has 19 heavy (non-hydrogen) atoms. The normalized spacial score (nSPS) is 18.9. The number of carboxylic acids is 1. The van der Waals surface area contributed by atoms with Gasteiger partial charge in [-0.15, -0.1) is 0 Å². The number of piperazine rings is 1. The molecule has 1 aliphatic rings. The van der Waals surface area contributed by atoms with E-state index in [1.165, 1.54) is 0 Å². The fourth-order valence-electron chi connectivity index (χ4n) is 2.19. The Kier molecular flexibility index (Phi) is 3.57. The third-order valence-corrected chi connectivity index (χ3v) is 3.59. The van der Waals surface area contributed by atoms with E-state index >= 15 is 0 Å². The van der Waals surface area contributed by atoms with Gasteiger partial charge in [-0.2, -0.15) is 0 Å². The summed E-state index contributed by atoms with van der Waals surface area (Å²) in [6.07, 6.45) is 0. The van der Waals surface area contributed by atoms with Crippen molar-refractivity contribution >= 4 is 11.9 Å². The number of aromatic carboxylic acids is 1. The van der Waals surface area contributed by atoms with Crippen LogP contribution in [0.2, 0.25) is 0 Å². The maximum Gasteiger partial charge on any atom is 0.335 e. The number of rotatable bonds is 3. The summed E-state index contributed by atoms with van der Waals surface area (Å²) in [5.74, 6) is -0.898. The fraction of sp³-hybridized carbons (Fsp3) is 0.429. The van der Waals surface area contributed by atoms with Gasteiger partial charge in [0.25, 0.3) is 0 Å². The summed E-state index contributed by atoms with van der Waals surface area (Å²) in [4.78, 5) is 24.7. The maximum absolute atomic E-state index is 11.8. The van der Waals surface area contributed by atoms with E-state index in [9.17, 15) is 9.59 Å². The van der Waals surface area contributed by atoms with Crippen LogP contribution in [-0.4, -0.2) is 40.5 Å². The summed E-state index contributed by atoms with van der Waals surface area (Å²) in [5.41, 5.74) is 0.746. The van der Waals surface area contributed by atoms with E-state index in [-0.39, 0.29) is 11.5 Å². The van der Waals surface area contributed by atoms with Crippen molar-refractivity contribution < 1.29 is 14.7 Å². The molecule has 2 N–H and O–H groups in total. The number of hydrogen-bond donors (Lipinski definition) is 2. The number of nitrogens with zero attached hydrogens (tertiary/aromatic N) is 1. The number of hydrogen-bond acceptors (Lipinski definition) is 3. The molecule has 0 atom stereocenters. The van der Waals surface area contributed by atoms with Crippen LogP contribution >= 0.6 is 0 Å². The Morgan fingerprint density at radius 2 is 2.00 bits per heavy atom. The lowest BCUT2D eigenvalue weighted by atomic mass is 9.98. The van der Waals surface area contributed by atoms with Crippen LogP contribution in [0.5, 0.6) is 0 Å². The summed E-state index contributed by atoms with van der Waals surface area (Å²) in [5, 5.41) is 11.7.